The van der Waals surface area contributed by atoms with E-state index < -0.39 is 0 Å². The highest BCUT2D eigenvalue weighted by Crippen LogP contribution is 2.25. The van der Waals surface area contributed by atoms with Gasteiger partial charge >= 0.3 is 6.03 Å². The third kappa shape index (κ3) is 5.50. The molecule has 2 aliphatic heterocycles. The number of amides is 2. The summed E-state index contributed by atoms with van der Waals surface area (Å²) < 4.78 is 21.7. The molecule has 0 bridgehead atoms. The molecule has 2 aliphatic rings. The van der Waals surface area contributed by atoms with Gasteiger partial charge in [0.25, 0.3) is 0 Å². The van der Waals surface area contributed by atoms with Crippen LogP contribution in [0, 0.1) is 0 Å². The van der Waals surface area contributed by atoms with E-state index in [1.807, 2.05) is 28.0 Å². The van der Waals surface area contributed by atoms with Gasteiger partial charge in [0.2, 0.25) is 0 Å². The Bertz CT molecular complexity index is 630. The summed E-state index contributed by atoms with van der Waals surface area (Å²) in [5, 5.41) is 0. The van der Waals surface area contributed by atoms with E-state index in [0.29, 0.717) is 39.4 Å². The monoisotopic (exact) mass is 393 g/mol. The first kappa shape index (κ1) is 20.7. The number of morpholine rings is 2. The van der Waals surface area contributed by atoms with Crippen LogP contribution in [-0.4, -0.2) is 101 Å². The van der Waals surface area contributed by atoms with Crippen molar-refractivity contribution in [1.29, 1.82) is 0 Å². The Morgan fingerprint density at radius 2 is 1.71 bits per heavy atom. The van der Waals surface area contributed by atoms with Crippen LogP contribution in [-0.2, 0) is 16.0 Å². The van der Waals surface area contributed by atoms with Crippen molar-refractivity contribution in [3.05, 3.63) is 23.8 Å². The van der Waals surface area contributed by atoms with Crippen LogP contribution >= 0.6 is 0 Å². The lowest BCUT2D eigenvalue weighted by molar-refractivity contribution is 0.0279. The summed E-state index contributed by atoms with van der Waals surface area (Å²) in [6.07, 6.45) is 0. The number of hydrogen-bond acceptors (Lipinski definition) is 6. The molecule has 2 amide bonds. The van der Waals surface area contributed by atoms with Crippen molar-refractivity contribution in [2.75, 3.05) is 79.9 Å². The van der Waals surface area contributed by atoms with Crippen LogP contribution in [0.2, 0.25) is 0 Å². The molecule has 3 rings (SSSR count). The molecule has 2 fully saturated rings. The van der Waals surface area contributed by atoms with Crippen molar-refractivity contribution in [2.24, 2.45) is 0 Å². The van der Waals surface area contributed by atoms with Crippen LogP contribution < -0.4 is 9.47 Å². The fourth-order valence-electron chi connectivity index (χ4n) is 3.49. The predicted octanol–water partition coefficient (Wildman–Crippen LogP) is 1.29. The van der Waals surface area contributed by atoms with Crippen LogP contribution in [0.4, 0.5) is 4.79 Å². The fourth-order valence-corrected chi connectivity index (χ4v) is 3.49. The smallest absolute Gasteiger partial charge is 0.320 e. The Morgan fingerprint density at radius 3 is 2.36 bits per heavy atom. The molecule has 0 radical (unpaired) electrons. The van der Waals surface area contributed by atoms with Gasteiger partial charge in [-0.2, -0.15) is 0 Å². The summed E-state index contributed by atoms with van der Waals surface area (Å²) in [5.74, 6) is 1.51. The normalized spacial score (nSPS) is 18.0. The van der Waals surface area contributed by atoms with Gasteiger partial charge in [-0.3, -0.25) is 4.90 Å². The zero-order valence-corrected chi connectivity index (χ0v) is 16.9. The molecule has 0 atom stereocenters. The molecule has 8 nitrogen and oxygen atoms in total. The number of hydrogen-bond donors (Lipinski definition) is 0. The van der Waals surface area contributed by atoms with Crippen LogP contribution in [0.15, 0.2) is 18.2 Å². The van der Waals surface area contributed by atoms with Crippen molar-refractivity contribution in [3.8, 4) is 11.5 Å². The van der Waals surface area contributed by atoms with Crippen molar-refractivity contribution in [3.63, 3.8) is 0 Å². The third-order valence-corrected chi connectivity index (χ3v) is 5.19. The first-order chi connectivity index (χ1) is 13.7. The highest BCUT2D eigenvalue weighted by molar-refractivity contribution is 5.74. The van der Waals surface area contributed by atoms with Gasteiger partial charge in [0.05, 0.1) is 47.2 Å². The number of methoxy groups -OCH3 is 2. The highest BCUT2D eigenvalue weighted by atomic mass is 16.5. The summed E-state index contributed by atoms with van der Waals surface area (Å²) >= 11 is 0. The Balaban J connectivity index is 1.73. The predicted molar refractivity (Wildman–Crippen MR) is 105 cm³/mol. The van der Waals surface area contributed by atoms with Crippen LogP contribution in [0.25, 0.3) is 0 Å². The molecule has 2 heterocycles. The van der Waals surface area contributed by atoms with E-state index in [0.717, 1.165) is 49.9 Å². The molecule has 8 heteroatoms. The summed E-state index contributed by atoms with van der Waals surface area (Å²) in [5.41, 5.74) is 0.936. The molecular formula is C20H31N3O5. The van der Waals surface area contributed by atoms with Gasteiger partial charge in [0, 0.05) is 44.8 Å². The molecule has 0 unspecified atom stereocenters. The van der Waals surface area contributed by atoms with Gasteiger partial charge in [0.15, 0.2) is 0 Å². The average Bonchev–Trinajstić information content (AvgIpc) is 2.77. The third-order valence-electron chi connectivity index (χ3n) is 5.19. The van der Waals surface area contributed by atoms with Gasteiger partial charge in [-0.1, -0.05) is 0 Å². The number of nitrogens with zero attached hydrogens (tertiary/aromatic N) is 3. The Kier molecular flexibility index (Phi) is 7.76. The van der Waals surface area contributed by atoms with Crippen molar-refractivity contribution < 1.29 is 23.7 Å². The largest absolute Gasteiger partial charge is 0.497 e. The van der Waals surface area contributed by atoms with Crippen molar-refractivity contribution in [1.82, 2.24) is 14.7 Å². The van der Waals surface area contributed by atoms with Gasteiger partial charge in [-0.05, 0) is 18.2 Å². The average molecular weight is 393 g/mol. The van der Waals surface area contributed by atoms with Crippen LogP contribution in [0.3, 0.4) is 0 Å². The van der Waals surface area contributed by atoms with Crippen LogP contribution in [0.5, 0.6) is 11.5 Å². The molecule has 0 aromatic heterocycles. The zero-order valence-electron chi connectivity index (χ0n) is 16.9. The van der Waals surface area contributed by atoms with Gasteiger partial charge in [0.1, 0.15) is 11.5 Å². The van der Waals surface area contributed by atoms with E-state index in [1.54, 1.807) is 14.2 Å². The Hall–Kier alpha value is -2.03. The molecule has 0 aliphatic carbocycles. The van der Waals surface area contributed by atoms with E-state index in [1.165, 1.54) is 0 Å². The molecular weight excluding hydrogens is 362 g/mol. The van der Waals surface area contributed by atoms with E-state index in [-0.39, 0.29) is 6.03 Å². The summed E-state index contributed by atoms with van der Waals surface area (Å²) in [4.78, 5) is 19.3. The van der Waals surface area contributed by atoms with E-state index in [4.69, 9.17) is 18.9 Å². The maximum atomic E-state index is 13.2. The summed E-state index contributed by atoms with van der Waals surface area (Å²) in [6.45, 7) is 7.69. The van der Waals surface area contributed by atoms with Gasteiger partial charge in [-0.25, -0.2) is 4.79 Å². The maximum Gasteiger partial charge on any atom is 0.320 e. The van der Waals surface area contributed by atoms with Crippen LogP contribution in [0.1, 0.15) is 5.56 Å². The van der Waals surface area contributed by atoms with Gasteiger partial charge in [-0.15, -0.1) is 0 Å². The minimum Gasteiger partial charge on any atom is -0.497 e. The topological polar surface area (TPSA) is 63.7 Å². The van der Waals surface area contributed by atoms with Crippen molar-refractivity contribution in [2.45, 2.75) is 6.54 Å². The van der Waals surface area contributed by atoms with E-state index in [9.17, 15) is 4.79 Å². The minimum absolute atomic E-state index is 0.0430. The van der Waals surface area contributed by atoms with Crippen molar-refractivity contribution >= 4 is 6.03 Å². The molecule has 0 spiro atoms. The second kappa shape index (κ2) is 10.5. The number of carbonyl (C=O) groups is 1. The lowest BCUT2D eigenvalue weighted by Gasteiger charge is -2.35. The second-order valence-electron chi connectivity index (χ2n) is 6.94. The summed E-state index contributed by atoms with van der Waals surface area (Å²) in [6, 6.07) is 5.73. The molecule has 0 N–H and O–H groups in total. The lowest BCUT2D eigenvalue weighted by Crippen LogP contribution is -2.50. The van der Waals surface area contributed by atoms with E-state index >= 15 is 0 Å². The summed E-state index contributed by atoms with van der Waals surface area (Å²) in [7, 11) is 3.29. The maximum absolute atomic E-state index is 13.2. The lowest BCUT2D eigenvalue weighted by atomic mass is 10.1. The number of rotatable bonds is 7. The molecule has 2 saturated heterocycles. The number of urea groups is 1. The molecule has 1 aromatic carbocycles. The quantitative estimate of drug-likeness (QED) is 0.696. The molecule has 28 heavy (non-hydrogen) atoms. The number of carbonyl (C=O) groups excluding carboxylic acids is 1. The molecule has 0 saturated carbocycles. The first-order valence-electron chi connectivity index (χ1n) is 9.84. The number of ether oxygens (including phenoxy) is 4. The standard InChI is InChI=1S/C20H31N3O5/c1-25-18-3-4-19(26-2)17(15-18)16-23(6-5-21-7-11-27-12-8-21)20(24)22-9-13-28-14-10-22/h3-4,15H,5-14,16H2,1-2H3. The first-order valence-corrected chi connectivity index (χ1v) is 9.84. The molecule has 156 valence electrons. The Labute approximate surface area is 166 Å². The SMILES string of the molecule is COc1ccc(OC)c(CN(CCN2CCOCC2)C(=O)N2CCOCC2)c1. The second-order valence-corrected chi connectivity index (χ2v) is 6.94. The van der Waals surface area contributed by atoms with Gasteiger partial charge < -0.3 is 28.7 Å². The fraction of sp³-hybridized carbons (Fsp3) is 0.650. The molecule has 1 aromatic rings. The zero-order chi connectivity index (χ0) is 19.8. The highest BCUT2D eigenvalue weighted by Gasteiger charge is 2.25. The Morgan fingerprint density at radius 1 is 1.04 bits per heavy atom. The minimum atomic E-state index is 0.0430. The number of benzene rings is 1. The van der Waals surface area contributed by atoms with E-state index in [2.05, 4.69) is 4.90 Å².